The van der Waals surface area contributed by atoms with E-state index in [1.807, 2.05) is 0 Å². The number of benzene rings is 1. The fourth-order valence-electron chi connectivity index (χ4n) is 2.64. The third kappa shape index (κ3) is 4.36. The highest BCUT2D eigenvalue weighted by atomic mass is 19.4. The number of hydrogen-bond donors (Lipinski definition) is 0. The van der Waals surface area contributed by atoms with Gasteiger partial charge in [-0.05, 0) is 44.9 Å². The molecule has 1 saturated heterocycles. The van der Waals surface area contributed by atoms with Crippen molar-refractivity contribution in [1.82, 2.24) is 4.90 Å². The number of halogens is 4. The molecule has 128 valence electrons. The van der Waals surface area contributed by atoms with Crippen LogP contribution in [0.5, 0.6) is 0 Å². The van der Waals surface area contributed by atoms with Gasteiger partial charge in [0.05, 0.1) is 5.56 Å². The molecular formula is C16H19F4NO2. The van der Waals surface area contributed by atoms with E-state index in [0.717, 1.165) is 12.1 Å². The second-order valence-electron chi connectivity index (χ2n) is 6.64. The molecule has 1 atom stereocenters. The highest BCUT2D eigenvalue weighted by Crippen LogP contribution is 2.38. The number of hydrogen-bond acceptors (Lipinski definition) is 2. The van der Waals surface area contributed by atoms with Crippen molar-refractivity contribution >= 4 is 6.09 Å². The Morgan fingerprint density at radius 1 is 1.26 bits per heavy atom. The molecule has 3 nitrogen and oxygen atoms in total. The number of nitrogens with zero attached hydrogens (tertiary/aromatic N) is 1. The van der Waals surface area contributed by atoms with Crippen molar-refractivity contribution in [3.05, 3.63) is 35.1 Å². The normalized spacial score (nSPS) is 19.1. The number of ether oxygens (including phenoxy) is 1. The lowest BCUT2D eigenvalue weighted by atomic mass is 9.93. The van der Waals surface area contributed by atoms with Crippen LogP contribution in [0.3, 0.4) is 0 Å². The van der Waals surface area contributed by atoms with Crippen LogP contribution in [0.1, 0.15) is 44.2 Å². The average Bonchev–Trinajstić information content (AvgIpc) is 2.85. The monoisotopic (exact) mass is 333 g/mol. The molecule has 23 heavy (non-hydrogen) atoms. The van der Waals surface area contributed by atoms with Crippen molar-refractivity contribution < 1.29 is 27.1 Å². The predicted octanol–water partition coefficient (Wildman–Crippen LogP) is 4.57. The molecule has 1 amide bonds. The zero-order chi connectivity index (χ0) is 17.4. The third-order valence-corrected chi connectivity index (χ3v) is 3.60. The predicted molar refractivity (Wildman–Crippen MR) is 76.6 cm³/mol. The number of carbonyl (C=O) groups is 1. The SMILES string of the molecule is CC(C)(C)OC(=O)N1CCC(c2ccc(F)cc2C(F)(F)F)C1. The van der Waals surface area contributed by atoms with Crippen LogP contribution in [-0.2, 0) is 10.9 Å². The highest BCUT2D eigenvalue weighted by molar-refractivity contribution is 5.68. The van der Waals surface area contributed by atoms with E-state index < -0.39 is 35.2 Å². The summed E-state index contributed by atoms with van der Waals surface area (Å²) in [4.78, 5) is 13.4. The minimum absolute atomic E-state index is 0.0185. The van der Waals surface area contributed by atoms with E-state index in [4.69, 9.17) is 4.74 Å². The summed E-state index contributed by atoms with van der Waals surface area (Å²) in [5.41, 5.74) is -1.62. The van der Waals surface area contributed by atoms with Crippen LogP contribution >= 0.6 is 0 Å². The van der Waals surface area contributed by atoms with Crippen LogP contribution in [-0.4, -0.2) is 29.7 Å². The standard InChI is InChI=1S/C16H19F4NO2/c1-15(2,3)23-14(22)21-7-6-10(9-21)12-5-4-11(17)8-13(12)16(18,19)20/h4-5,8,10H,6-7,9H2,1-3H3. The summed E-state index contributed by atoms with van der Waals surface area (Å²) < 4.78 is 57.7. The molecule has 7 heteroatoms. The minimum atomic E-state index is -4.63. The average molecular weight is 333 g/mol. The minimum Gasteiger partial charge on any atom is -0.444 e. The molecule has 0 bridgehead atoms. The lowest BCUT2D eigenvalue weighted by Crippen LogP contribution is -2.35. The molecule has 0 spiro atoms. The van der Waals surface area contributed by atoms with E-state index in [9.17, 15) is 22.4 Å². The number of alkyl halides is 3. The molecule has 0 N–H and O–H groups in total. The van der Waals surface area contributed by atoms with Gasteiger partial charge in [-0.2, -0.15) is 13.2 Å². The van der Waals surface area contributed by atoms with Gasteiger partial charge in [-0.3, -0.25) is 0 Å². The van der Waals surface area contributed by atoms with Crippen molar-refractivity contribution in [3.8, 4) is 0 Å². The first-order chi connectivity index (χ1) is 10.5. The summed E-state index contributed by atoms with van der Waals surface area (Å²) in [7, 11) is 0. The van der Waals surface area contributed by atoms with Crippen molar-refractivity contribution in [2.24, 2.45) is 0 Å². The van der Waals surface area contributed by atoms with Crippen LogP contribution in [0.25, 0.3) is 0 Å². The van der Waals surface area contributed by atoms with Crippen LogP contribution in [0.2, 0.25) is 0 Å². The summed E-state index contributed by atoms with van der Waals surface area (Å²) in [6.07, 6.45) is -4.79. The Hall–Kier alpha value is -1.79. The molecule has 1 aliphatic rings. The van der Waals surface area contributed by atoms with Gasteiger partial charge < -0.3 is 9.64 Å². The van der Waals surface area contributed by atoms with Crippen molar-refractivity contribution in [1.29, 1.82) is 0 Å². The number of carbonyl (C=O) groups excluding carboxylic acids is 1. The van der Waals surface area contributed by atoms with E-state index in [1.54, 1.807) is 20.8 Å². The van der Waals surface area contributed by atoms with Crippen molar-refractivity contribution in [3.63, 3.8) is 0 Å². The van der Waals surface area contributed by atoms with Crippen LogP contribution in [0, 0.1) is 5.82 Å². The first-order valence-corrected chi connectivity index (χ1v) is 7.32. The Morgan fingerprint density at radius 2 is 1.91 bits per heavy atom. The van der Waals surface area contributed by atoms with Crippen LogP contribution in [0.15, 0.2) is 18.2 Å². The maximum atomic E-state index is 13.2. The molecule has 2 rings (SSSR count). The Balaban J connectivity index is 2.18. The molecule has 1 aromatic rings. The molecule has 0 aromatic heterocycles. The summed E-state index contributed by atoms with van der Waals surface area (Å²) in [5.74, 6) is -1.41. The molecule has 0 saturated carbocycles. The van der Waals surface area contributed by atoms with E-state index in [-0.39, 0.29) is 12.1 Å². The maximum Gasteiger partial charge on any atom is 0.416 e. The van der Waals surface area contributed by atoms with Gasteiger partial charge in [-0.1, -0.05) is 6.07 Å². The lowest BCUT2D eigenvalue weighted by molar-refractivity contribution is -0.138. The van der Waals surface area contributed by atoms with Gasteiger partial charge in [-0.15, -0.1) is 0 Å². The van der Waals surface area contributed by atoms with Crippen LogP contribution in [0.4, 0.5) is 22.4 Å². The Bertz CT molecular complexity index is 593. The van der Waals surface area contributed by atoms with E-state index >= 15 is 0 Å². The van der Waals surface area contributed by atoms with Gasteiger partial charge in [0.25, 0.3) is 0 Å². The molecule has 1 unspecified atom stereocenters. The lowest BCUT2D eigenvalue weighted by Gasteiger charge is -2.24. The van der Waals surface area contributed by atoms with Gasteiger partial charge in [0.1, 0.15) is 11.4 Å². The summed E-state index contributed by atoms with van der Waals surface area (Å²) in [6, 6.07) is 2.67. The fourth-order valence-corrected chi connectivity index (χ4v) is 2.64. The Morgan fingerprint density at radius 3 is 2.48 bits per heavy atom. The number of rotatable bonds is 1. The smallest absolute Gasteiger partial charge is 0.416 e. The van der Waals surface area contributed by atoms with Gasteiger partial charge in [0.2, 0.25) is 0 Å². The fraction of sp³-hybridized carbons (Fsp3) is 0.562. The largest absolute Gasteiger partial charge is 0.444 e. The van der Waals surface area contributed by atoms with Crippen molar-refractivity contribution in [2.75, 3.05) is 13.1 Å². The summed E-state index contributed by atoms with van der Waals surface area (Å²) >= 11 is 0. The molecule has 1 aromatic carbocycles. The Kier molecular flexibility index (Phi) is 4.59. The van der Waals surface area contributed by atoms with Crippen molar-refractivity contribution in [2.45, 2.75) is 44.9 Å². The molecule has 1 aliphatic heterocycles. The molecule has 0 aliphatic carbocycles. The first kappa shape index (κ1) is 17.6. The van der Waals surface area contributed by atoms with Gasteiger partial charge in [0.15, 0.2) is 0 Å². The topological polar surface area (TPSA) is 29.5 Å². The molecule has 1 fully saturated rings. The van der Waals surface area contributed by atoms with E-state index in [0.29, 0.717) is 19.0 Å². The number of amides is 1. The second kappa shape index (κ2) is 6.02. The summed E-state index contributed by atoms with van der Waals surface area (Å²) in [5, 5.41) is 0. The number of likely N-dealkylation sites (tertiary alicyclic amines) is 1. The second-order valence-corrected chi connectivity index (χ2v) is 6.64. The Labute approximate surface area is 132 Å². The maximum absolute atomic E-state index is 13.2. The first-order valence-electron chi connectivity index (χ1n) is 7.32. The van der Waals surface area contributed by atoms with Gasteiger partial charge in [0, 0.05) is 19.0 Å². The molecule has 0 radical (unpaired) electrons. The zero-order valence-electron chi connectivity index (χ0n) is 13.2. The summed E-state index contributed by atoms with van der Waals surface area (Å²) in [6.45, 7) is 5.61. The van der Waals surface area contributed by atoms with E-state index in [2.05, 4.69) is 0 Å². The van der Waals surface area contributed by atoms with E-state index in [1.165, 1.54) is 4.90 Å². The van der Waals surface area contributed by atoms with Crippen LogP contribution < -0.4 is 0 Å². The van der Waals surface area contributed by atoms with Gasteiger partial charge in [-0.25, -0.2) is 9.18 Å². The highest BCUT2D eigenvalue weighted by Gasteiger charge is 2.38. The molecular weight excluding hydrogens is 314 g/mol. The quantitative estimate of drug-likeness (QED) is 0.705. The van der Waals surface area contributed by atoms with Gasteiger partial charge >= 0.3 is 12.3 Å². The molecule has 1 heterocycles. The third-order valence-electron chi connectivity index (χ3n) is 3.60. The zero-order valence-corrected chi connectivity index (χ0v) is 13.2.